The lowest BCUT2D eigenvalue weighted by atomic mass is 10.1. The number of anilines is 1. The van der Waals surface area contributed by atoms with Crippen molar-refractivity contribution in [2.75, 3.05) is 26.2 Å². The predicted molar refractivity (Wildman–Crippen MR) is 140 cm³/mol. The quantitative estimate of drug-likeness (QED) is 0.288. The Morgan fingerprint density at radius 1 is 1.03 bits per heavy atom. The van der Waals surface area contributed by atoms with Crippen LogP contribution in [0.2, 0.25) is 0 Å². The van der Waals surface area contributed by atoms with E-state index in [4.69, 9.17) is 19.2 Å². The Hall–Kier alpha value is -3.91. The van der Waals surface area contributed by atoms with Crippen molar-refractivity contribution < 1.29 is 19.0 Å². The van der Waals surface area contributed by atoms with E-state index in [0.29, 0.717) is 28.9 Å². The summed E-state index contributed by atoms with van der Waals surface area (Å²) in [7, 11) is 4.67. The first-order valence-electron chi connectivity index (χ1n) is 11.2. The summed E-state index contributed by atoms with van der Waals surface area (Å²) in [5, 5.41) is 0.631. The zero-order valence-electron chi connectivity index (χ0n) is 20.1. The smallest absolute Gasteiger partial charge is 0.253 e. The summed E-state index contributed by atoms with van der Waals surface area (Å²) in [6.07, 6.45) is 5.84. The van der Waals surface area contributed by atoms with Gasteiger partial charge in [-0.1, -0.05) is 36.5 Å². The van der Waals surface area contributed by atoms with E-state index in [1.807, 2.05) is 30.3 Å². The summed E-state index contributed by atoms with van der Waals surface area (Å²) >= 11 is 1.50. The van der Waals surface area contributed by atoms with Crippen LogP contribution >= 0.6 is 11.3 Å². The second-order valence-electron chi connectivity index (χ2n) is 7.65. The molecule has 0 spiro atoms. The van der Waals surface area contributed by atoms with Crippen LogP contribution in [0.3, 0.4) is 0 Å². The number of thiazole rings is 1. The van der Waals surface area contributed by atoms with Gasteiger partial charge >= 0.3 is 0 Å². The van der Waals surface area contributed by atoms with Gasteiger partial charge in [-0.2, -0.15) is 0 Å². The zero-order valence-corrected chi connectivity index (χ0v) is 21.0. The van der Waals surface area contributed by atoms with Crippen LogP contribution in [-0.4, -0.2) is 37.2 Å². The van der Waals surface area contributed by atoms with Gasteiger partial charge < -0.3 is 14.2 Å². The molecular formula is C27H27N3O4S. The molecule has 8 heteroatoms. The molecule has 0 bridgehead atoms. The number of amides is 1. The largest absolute Gasteiger partial charge is 0.493 e. The summed E-state index contributed by atoms with van der Waals surface area (Å²) in [6.45, 7) is 2.41. The van der Waals surface area contributed by atoms with E-state index >= 15 is 0 Å². The Bertz CT molecular complexity index is 1330. The topological polar surface area (TPSA) is 73.8 Å². The third kappa shape index (κ3) is 5.27. The SMILES string of the molecule is CCc1cccc2sc(N(Cc3ccccn3)C(=O)/C=C/c3cc(OC)c(OC)c(OC)c3)nc12. The van der Waals surface area contributed by atoms with Crippen molar-refractivity contribution in [2.45, 2.75) is 19.9 Å². The number of nitrogens with zero attached hydrogens (tertiary/aromatic N) is 3. The zero-order chi connectivity index (χ0) is 24.8. The first-order chi connectivity index (χ1) is 17.1. The average Bonchev–Trinajstić information content (AvgIpc) is 3.34. The molecule has 0 fully saturated rings. The number of benzene rings is 2. The fourth-order valence-corrected chi connectivity index (χ4v) is 4.76. The van der Waals surface area contributed by atoms with Crippen molar-refractivity contribution in [2.24, 2.45) is 0 Å². The van der Waals surface area contributed by atoms with Gasteiger partial charge in [0.15, 0.2) is 16.6 Å². The highest BCUT2D eigenvalue weighted by Gasteiger charge is 2.20. The number of para-hydroxylation sites is 1. The lowest BCUT2D eigenvalue weighted by Gasteiger charge is -2.18. The van der Waals surface area contributed by atoms with Crippen LogP contribution in [0.5, 0.6) is 17.2 Å². The van der Waals surface area contributed by atoms with E-state index < -0.39 is 0 Å². The van der Waals surface area contributed by atoms with Gasteiger partial charge in [-0.3, -0.25) is 14.7 Å². The standard InChI is InChI=1S/C27H27N3O4S/c1-5-19-9-8-11-23-25(19)29-27(35-23)30(17-20-10-6-7-14-28-20)24(31)13-12-18-15-21(32-2)26(34-4)22(16-18)33-3/h6-16H,5,17H2,1-4H3/b13-12+. The number of fused-ring (bicyclic) bond motifs is 1. The second kappa shape index (κ2) is 11.0. The van der Waals surface area contributed by atoms with Crippen LogP contribution in [0.4, 0.5) is 5.13 Å². The van der Waals surface area contributed by atoms with Crippen LogP contribution in [0.1, 0.15) is 23.7 Å². The minimum absolute atomic E-state index is 0.207. The van der Waals surface area contributed by atoms with Crippen LogP contribution in [0.25, 0.3) is 16.3 Å². The minimum Gasteiger partial charge on any atom is -0.493 e. The van der Waals surface area contributed by atoms with Crippen molar-refractivity contribution in [1.29, 1.82) is 0 Å². The molecule has 2 aromatic carbocycles. The molecule has 0 saturated heterocycles. The second-order valence-corrected chi connectivity index (χ2v) is 8.66. The van der Waals surface area contributed by atoms with Gasteiger partial charge in [0.1, 0.15) is 0 Å². The molecule has 7 nitrogen and oxygen atoms in total. The van der Waals surface area contributed by atoms with Gasteiger partial charge in [-0.25, -0.2) is 4.98 Å². The van der Waals surface area contributed by atoms with Crippen LogP contribution in [0, 0.1) is 0 Å². The maximum absolute atomic E-state index is 13.5. The summed E-state index contributed by atoms with van der Waals surface area (Å²) < 4.78 is 17.3. The molecule has 0 saturated carbocycles. The Morgan fingerprint density at radius 3 is 2.43 bits per heavy atom. The summed E-state index contributed by atoms with van der Waals surface area (Å²) in [6, 6.07) is 15.4. The highest BCUT2D eigenvalue weighted by atomic mass is 32.1. The summed E-state index contributed by atoms with van der Waals surface area (Å²) in [4.78, 5) is 24.4. The number of carbonyl (C=O) groups is 1. The van der Waals surface area contributed by atoms with Crippen LogP contribution in [-0.2, 0) is 17.8 Å². The normalized spacial score (nSPS) is 11.1. The summed E-state index contributed by atoms with van der Waals surface area (Å²) in [5.41, 5.74) is 3.60. The molecule has 0 N–H and O–H groups in total. The summed E-state index contributed by atoms with van der Waals surface area (Å²) in [5.74, 6) is 1.32. The van der Waals surface area contributed by atoms with Crippen LogP contribution in [0.15, 0.2) is 60.8 Å². The Labute approximate surface area is 208 Å². The van der Waals surface area contributed by atoms with Crippen molar-refractivity contribution in [3.05, 3.63) is 77.6 Å². The average molecular weight is 490 g/mol. The number of aryl methyl sites for hydroxylation is 1. The van der Waals surface area contributed by atoms with Gasteiger partial charge in [-0.15, -0.1) is 0 Å². The molecule has 1 amide bonds. The molecule has 2 heterocycles. The molecule has 0 aliphatic carbocycles. The Balaban J connectivity index is 1.70. The number of ether oxygens (including phenoxy) is 3. The maximum Gasteiger partial charge on any atom is 0.253 e. The molecule has 180 valence electrons. The van der Waals surface area contributed by atoms with Crippen molar-refractivity contribution >= 4 is 38.7 Å². The Kier molecular flexibility index (Phi) is 7.62. The van der Waals surface area contributed by atoms with Crippen molar-refractivity contribution in [1.82, 2.24) is 9.97 Å². The van der Waals surface area contributed by atoms with E-state index in [-0.39, 0.29) is 5.91 Å². The number of hydrogen-bond acceptors (Lipinski definition) is 7. The van der Waals surface area contributed by atoms with Crippen molar-refractivity contribution in [3.63, 3.8) is 0 Å². The number of pyridine rings is 1. The number of carbonyl (C=O) groups excluding carboxylic acids is 1. The molecule has 35 heavy (non-hydrogen) atoms. The van der Waals surface area contributed by atoms with Gasteiger partial charge in [0, 0.05) is 12.3 Å². The lowest BCUT2D eigenvalue weighted by molar-refractivity contribution is -0.114. The van der Waals surface area contributed by atoms with Crippen molar-refractivity contribution in [3.8, 4) is 17.2 Å². The number of aromatic nitrogens is 2. The highest BCUT2D eigenvalue weighted by Crippen LogP contribution is 2.38. The molecule has 0 aliphatic rings. The Morgan fingerprint density at radius 2 is 1.80 bits per heavy atom. The van der Waals surface area contributed by atoms with E-state index in [0.717, 1.165) is 33.5 Å². The fraction of sp³-hybridized carbons (Fsp3) is 0.222. The minimum atomic E-state index is -0.207. The van der Waals surface area contributed by atoms with Gasteiger partial charge in [-0.05, 0) is 54.0 Å². The molecule has 0 radical (unpaired) electrons. The van der Waals surface area contributed by atoms with Gasteiger partial charge in [0.2, 0.25) is 5.75 Å². The third-order valence-electron chi connectivity index (χ3n) is 5.52. The lowest BCUT2D eigenvalue weighted by Crippen LogP contribution is -2.29. The van der Waals surface area contributed by atoms with Crippen LogP contribution < -0.4 is 19.1 Å². The number of methoxy groups -OCH3 is 3. The molecule has 0 aliphatic heterocycles. The molecule has 2 aromatic heterocycles. The first-order valence-corrected chi connectivity index (χ1v) is 12.0. The van der Waals surface area contributed by atoms with E-state index in [1.165, 1.54) is 17.4 Å². The number of hydrogen-bond donors (Lipinski definition) is 0. The first kappa shape index (κ1) is 24.2. The molecule has 4 aromatic rings. The fourth-order valence-electron chi connectivity index (χ4n) is 3.74. The molecular weight excluding hydrogens is 462 g/mol. The van der Waals surface area contributed by atoms with Gasteiger partial charge in [0.25, 0.3) is 5.91 Å². The van der Waals surface area contributed by atoms with E-state index in [2.05, 4.69) is 18.0 Å². The highest BCUT2D eigenvalue weighted by molar-refractivity contribution is 7.22. The third-order valence-corrected chi connectivity index (χ3v) is 6.56. The van der Waals surface area contributed by atoms with Gasteiger partial charge in [0.05, 0.1) is 43.8 Å². The monoisotopic (exact) mass is 489 g/mol. The molecule has 0 atom stereocenters. The molecule has 0 unspecified atom stereocenters. The number of rotatable bonds is 9. The maximum atomic E-state index is 13.5. The molecule has 4 rings (SSSR count). The predicted octanol–water partition coefficient (Wildman–Crippen LogP) is 5.53. The van der Waals surface area contributed by atoms with E-state index in [9.17, 15) is 4.79 Å². The van der Waals surface area contributed by atoms with E-state index in [1.54, 1.807) is 50.6 Å².